The maximum atomic E-state index is 12.9. The van der Waals surface area contributed by atoms with E-state index in [0.717, 1.165) is 37.0 Å². The van der Waals surface area contributed by atoms with Crippen LogP contribution in [0.4, 0.5) is 5.69 Å². The van der Waals surface area contributed by atoms with Gasteiger partial charge in [-0.2, -0.15) is 0 Å². The molecule has 3 rings (SSSR count). The predicted molar refractivity (Wildman–Crippen MR) is 131 cm³/mol. The second-order valence-corrected chi connectivity index (χ2v) is 9.70. The smallest absolute Gasteiger partial charge is 0.265 e. The predicted octanol–water partition coefficient (Wildman–Crippen LogP) is 4.49. The third kappa shape index (κ3) is 7.84. The van der Waals surface area contributed by atoms with Crippen molar-refractivity contribution in [3.63, 3.8) is 0 Å². The summed E-state index contributed by atoms with van der Waals surface area (Å²) in [6, 6.07) is 9.45. The molecule has 0 unspecified atom stereocenters. The highest BCUT2D eigenvalue weighted by Crippen LogP contribution is 2.28. The standard InChI is InChI=1S/C24H30ClN3O4S/c1-32-13-12-26-22(29)19(14-16-6-3-2-4-7-16)28-24(31)21-11-10-20(33-21)23(30)27-18-9-5-8-17(25)15-18/h5,8-11,15-16,19H,2-4,6-7,12-14H2,1H3,(H,26,29)(H,27,30)(H,28,31)/t19-/m0/s1. The Hall–Kier alpha value is -2.42. The van der Waals surface area contributed by atoms with E-state index >= 15 is 0 Å². The van der Waals surface area contributed by atoms with Gasteiger partial charge in [-0.05, 0) is 42.7 Å². The van der Waals surface area contributed by atoms with Crippen LogP contribution in [0.1, 0.15) is 57.9 Å². The molecule has 0 radical (unpaired) electrons. The van der Waals surface area contributed by atoms with E-state index in [1.54, 1.807) is 43.5 Å². The van der Waals surface area contributed by atoms with Gasteiger partial charge < -0.3 is 20.7 Å². The number of ether oxygens (including phenoxy) is 1. The second kappa shape index (κ2) is 12.7. The van der Waals surface area contributed by atoms with Gasteiger partial charge in [0.15, 0.2) is 0 Å². The monoisotopic (exact) mass is 491 g/mol. The van der Waals surface area contributed by atoms with Crippen LogP contribution in [0.5, 0.6) is 0 Å². The van der Waals surface area contributed by atoms with Crippen LogP contribution >= 0.6 is 22.9 Å². The molecule has 1 fully saturated rings. The maximum Gasteiger partial charge on any atom is 0.265 e. The summed E-state index contributed by atoms with van der Waals surface area (Å²) in [7, 11) is 1.57. The van der Waals surface area contributed by atoms with Gasteiger partial charge in [-0.3, -0.25) is 14.4 Å². The number of anilines is 1. The number of hydrogen-bond acceptors (Lipinski definition) is 5. The summed E-state index contributed by atoms with van der Waals surface area (Å²) in [5.41, 5.74) is 0.576. The number of methoxy groups -OCH3 is 1. The topological polar surface area (TPSA) is 96.5 Å². The van der Waals surface area contributed by atoms with Crippen molar-refractivity contribution in [2.45, 2.75) is 44.6 Å². The summed E-state index contributed by atoms with van der Waals surface area (Å²) in [4.78, 5) is 39.0. The highest BCUT2D eigenvalue weighted by Gasteiger charge is 2.27. The number of rotatable bonds is 10. The molecule has 0 saturated heterocycles. The van der Waals surface area contributed by atoms with E-state index in [-0.39, 0.29) is 17.7 Å². The molecule has 1 atom stereocenters. The lowest BCUT2D eigenvalue weighted by Gasteiger charge is -2.26. The molecule has 0 aliphatic heterocycles. The number of nitrogens with one attached hydrogen (secondary N) is 3. The van der Waals surface area contributed by atoms with Crippen LogP contribution in [0.25, 0.3) is 0 Å². The van der Waals surface area contributed by atoms with Crippen molar-refractivity contribution >= 4 is 46.3 Å². The Labute approximate surface area is 203 Å². The number of amides is 3. The van der Waals surface area contributed by atoms with Crippen molar-refractivity contribution in [2.24, 2.45) is 5.92 Å². The van der Waals surface area contributed by atoms with E-state index < -0.39 is 6.04 Å². The van der Waals surface area contributed by atoms with Crippen LogP contribution in [-0.2, 0) is 9.53 Å². The molecule has 33 heavy (non-hydrogen) atoms. The zero-order valence-corrected chi connectivity index (χ0v) is 20.3. The van der Waals surface area contributed by atoms with Crippen LogP contribution in [-0.4, -0.2) is 44.0 Å². The summed E-state index contributed by atoms with van der Waals surface area (Å²) in [5, 5.41) is 9.01. The summed E-state index contributed by atoms with van der Waals surface area (Å²) in [5.74, 6) is -0.470. The van der Waals surface area contributed by atoms with E-state index in [1.807, 2.05) is 0 Å². The molecule has 1 aromatic carbocycles. The Balaban J connectivity index is 1.63. The maximum absolute atomic E-state index is 12.9. The zero-order chi connectivity index (χ0) is 23.6. The minimum Gasteiger partial charge on any atom is -0.383 e. The van der Waals surface area contributed by atoms with E-state index in [9.17, 15) is 14.4 Å². The fourth-order valence-electron chi connectivity index (χ4n) is 3.96. The Kier molecular flexibility index (Phi) is 9.72. The quantitative estimate of drug-likeness (QED) is 0.427. The Morgan fingerprint density at radius 1 is 1.09 bits per heavy atom. The average molecular weight is 492 g/mol. The second-order valence-electron chi connectivity index (χ2n) is 8.18. The first-order valence-electron chi connectivity index (χ1n) is 11.2. The van der Waals surface area contributed by atoms with Gasteiger partial charge in [-0.15, -0.1) is 11.3 Å². The zero-order valence-electron chi connectivity index (χ0n) is 18.7. The first-order chi connectivity index (χ1) is 16.0. The number of halogens is 1. The normalized spacial score (nSPS) is 15.0. The molecule has 1 heterocycles. The lowest BCUT2D eigenvalue weighted by atomic mass is 9.84. The van der Waals surface area contributed by atoms with Crippen molar-refractivity contribution in [1.29, 1.82) is 0 Å². The number of carbonyl (C=O) groups is 3. The van der Waals surface area contributed by atoms with Gasteiger partial charge >= 0.3 is 0 Å². The molecule has 1 aliphatic carbocycles. The first kappa shape index (κ1) is 25.2. The highest BCUT2D eigenvalue weighted by molar-refractivity contribution is 7.16. The van der Waals surface area contributed by atoms with Crippen molar-refractivity contribution in [3.8, 4) is 0 Å². The molecule has 1 saturated carbocycles. The van der Waals surface area contributed by atoms with Gasteiger partial charge in [0.1, 0.15) is 6.04 Å². The van der Waals surface area contributed by atoms with Crippen LogP contribution in [0.2, 0.25) is 5.02 Å². The minimum atomic E-state index is -0.622. The number of benzene rings is 1. The molecule has 0 bridgehead atoms. The largest absolute Gasteiger partial charge is 0.383 e. The lowest BCUT2D eigenvalue weighted by Crippen LogP contribution is -2.48. The molecule has 3 N–H and O–H groups in total. The molecule has 1 aromatic heterocycles. The third-order valence-electron chi connectivity index (χ3n) is 5.66. The van der Waals surface area contributed by atoms with Crippen LogP contribution in [0.15, 0.2) is 36.4 Å². The van der Waals surface area contributed by atoms with E-state index in [2.05, 4.69) is 16.0 Å². The molecule has 0 spiro atoms. The van der Waals surface area contributed by atoms with E-state index in [4.69, 9.17) is 16.3 Å². The van der Waals surface area contributed by atoms with E-state index in [0.29, 0.717) is 46.0 Å². The molecule has 2 aromatic rings. The summed E-state index contributed by atoms with van der Waals surface area (Å²) in [6.45, 7) is 0.797. The lowest BCUT2D eigenvalue weighted by molar-refractivity contribution is -0.123. The fourth-order valence-corrected chi connectivity index (χ4v) is 4.95. The minimum absolute atomic E-state index is 0.207. The van der Waals surface area contributed by atoms with Gasteiger partial charge in [-0.1, -0.05) is 49.8 Å². The van der Waals surface area contributed by atoms with Gasteiger partial charge in [0.25, 0.3) is 11.8 Å². The summed E-state index contributed by atoms with van der Waals surface area (Å²) in [6.07, 6.45) is 6.30. The highest BCUT2D eigenvalue weighted by atomic mass is 35.5. The summed E-state index contributed by atoms with van der Waals surface area (Å²) >= 11 is 7.05. The van der Waals surface area contributed by atoms with Crippen LogP contribution in [0.3, 0.4) is 0 Å². The van der Waals surface area contributed by atoms with Crippen molar-refractivity contribution in [2.75, 3.05) is 25.6 Å². The van der Waals surface area contributed by atoms with Gasteiger partial charge in [0.05, 0.1) is 16.4 Å². The first-order valence-corrected chi connectivity index (χ1v) is 12.4. The molecule has 178 valence electrons. The fraction of sp³-hybridized carbons (Fsp3) is 0.458. The Morgan fingerprint density at radius 2 is 1.82 bits per heavy atom. The van der Waals surface area contributed by atoms with Crippen molar-refractivity contribution in [3.05, 3.63) is 51.2 Å². The molecule has 3 amide bonds. The average Bonchev–Trinajstić information content (AvgIpc) is 3.30. The number of hydrogen-bond donors (Lipinski definition) is 3. The van der Waals surface area contributed by atoms with Gasteiger partial charge in [-0.25, -0.2) is 0 Å². The number of thiophene rings is 1. The molecule has 9 heteroatoms. The van der Waals surface area contributed by atoms with Crippen molar-refractivity contribution in [1.82, 2.24) is 10.6 Å². The molecular formula is C24H30ClN3O4S. The molecular weight excluding hydrogens is 462 g/mol. The van der Waals surface area contributed by atoms with Crippen LogP contribution < -0.4 is 16.0 Å². The Bertz CT molecular complexity index is 959. The van der Waals surface area contributed by atoms with E-state index in [1.165, 1.54) is 6.42 Å². The van der Waals surface area contributed by atoms with Crippen molar-refractivity contribution < 1.29 is 19.1 Å². The molecule has 7 nitrogen and oxygen atoms in total. The Morgan fingerprint density at radius 3 is 2.52 bits per heavy atom. The SMILES string of the molecule is COCCNC(=O)[C@H](CC1CCCCC1)NC(=O)c1ccc(C(=O)Nc2cccc(Cl)c2)s1. The van der Waals surface area contributed by atoms with Gasteiger partial charge in [0, 0.05) is 24.4 Å². The van der Waals surface area contributed by atoms with Crippen LogP contribution in [0, 0.1) is 5.92 Å². The number of carbonyl (C=O) groups excluding carboxylic acids is 3. The third-order valence-corrected chi connectivity index (χ3v) is 6.97. The molecule has 1 aliphatic rings. The van der Waals surface area contributed by atoms with Gasteiger partial charge in [0.2, 0.25) is 5.91 Å². The summed E-state index contributed by atoms with van der Waals surface area (Å²) < 4.78 is 5.00.